The van der Waals surface area contributed by atoms with Gasteiger partial charge in [0.25, 0.3) is 0 Å². The van der Waals surface area contributed by atoms with E-state index in [-0.39, 0.29) is 0 Å². The first-order chi connectivity index (χ1) is 7.76. The molecule has 0 radical (unpaired) electrons. The molecule has 0 bridgehead atoms. The molecule has 1 aromatic rings. The Morgan fingerprint density at radius 1 is 1.50 bits per heavy atom. The van der Waals surface area contributed by atoms with E-state index in [9.17, 15) is 0 Å². The molecule has 0 saturated heterocycles. The van der Waals surface area contributed by atoms with E-state index in [0.717, 1.165) is 12.3 Å². The zero-order valence-electron chi connectivity index (χ0n) is 10.2. The van der Waals surface area contributed by atoms with Crippen LogP contribution >= 0.6 is 11.8 Å². The number of furan rings is 1. The molecular formula is C13H21NOS. The molecule has 1 N–H and O–H groups in total. The summed E-state index contributed by atoms with van der Waals surface area (Å²) in [5.74, 6) is 1.04. The van der Waals surface area contributed by atoms with Gasteiger partial charge in [-0.3, -0.25) is 0 Å². The van der Waals surface area contributed by atoms with Gasteiger partial charge in [-0.05, 0) is 38.2 Å². The predicted molar refractivity (Wildman–Crippen MR) is 69.8 cm³/mol. The first kappa shape index (κ1) is 12.1. The normalized spacial score (nSPS) is 21.1. The summed E-state index contributed by atoms with van der Waals surface area (Å²) >= 11 is 2.03. The van der Waals surface area contributed by atoms with Gasteiger partial charge in [-0.15, -0.1) is 0 Å². The maximum atomic E-state index is 5.41. The molecule has 2 rings (SSSR count). The second-order valence-corrected chi connectivity index (χ2v) is 5.99. The van der Waals surface area contributed by atoms with Gasteiger partial charge in [0.05, 0.1) is 12.3 Å². The molecule has 1 heterocycles. The zero-order valence-corrected chi connectivity index (χ0v) is 11.0. The van der Waals surface area contributed by atoms with E-state index in [2.05, 4.69) is 18.5 Å². The van der Waals surface area contributed by atoms with Crippen LogP contribution < -0.4 is 5.32 Å². The van der Waals surface area contributed by atoms with E-state index in [0.29, 0.717) is 10.8 Å². The van der Waals surface area contributed by atoms with Crippen molar-refractivity contribution in [3.63, 3.8) is 0 Å². The van der Waals surface area contributed by atoms with Gasteiger partial charge in [0, 0.05) is 11.3 Å². The minimum absolute atomic E-state index is 0.319. The average Bonchev–Trinajstić information content (AvgIpc) is 2.98. The second-order valence-electron chi connectivity index (χ2n) is 4.71. The van der Waals surface area contributed by atoms with Gasteiger partial charge in [-0.25, -0.2) is 0 Å². The van der Waals surface area contributed by atoms with Gasteiger partial charge in [0.2, 0.25) is 0 Å². The summed E-state index contributed by atoms with van der Waals surface area (Å²) in [7, 11) is 0. The van der Waals surface area contributed by atoms with Crippen molar-refractivity contribution in [2.24, 2.45) is 0 Å². The van der Waals surface area contributed by atoms with Crippen molar-refractivity contribution >= 4 is 11.8 Å². The van der Waals surface area contributed by atoms with E-state index in [1.807, 2.05) is 23.9 Å². The number of hydrogen-bond acceptors (Lipinski definition) is 3. The van der Waals surface area contributed by atoms with Crippen LogP contribution in [-0.4, -0.2) is 17.5 Å². The number of rotatable bonds is 5. The molecule has 0 spiro atoms. The predicted octanol–water partition coefficient (Wildman–Crippen LogP) is 3.61. The lowest BCUT2D eigenvalue weighted by Gasteiger charge is -2.28. The van der Waals surface area contributed by atoms with Crippen LogP contribution in [0.15, 0.2) is 22.8 Å². The standard InChI is InChI=1S/C13H21NOS/c1-11(12-6-5-9-15-12)14-10-13(16-2)7-3-4-8-13/h5-6,9,11,14H,3-4,7-8,10H2,1-2H3. The van der Waals surface area contributed by atoms with Crippen LogP contribution in [0.1, 0.15) is 44.4 Å². The molecule has 1 saturated carbocycles. The molecule has 0 amide bonds. The lowest BCUT2D eigenvalue weighted by atomic mass is 10.1. The Balaban J connectivity index is 1.86. The molecule has 0 aliphatic heterocycles. The fourth-order valence-electron chi connectivity index (χ4n) is 2.45. The highest BCUT2D eigenvalue weighted by molar-refractivity contribution is 8.00. The molecular weight excluding hydrogens is 218 g/mol. The van der Waals surface area contributed by atoms with E-state index < -0.39 is 0 Å². The summed E-state index contributed by atoms with van der Waals surface area (Å²) in [5.41, 5.74) is 0. The second kappa shape index (κ2) is 5.28. The highest BCUT2D eigenvalue weighted by Crippen LogP contribution is 2.39. The van der Waals surface area contributed by atoms with Crippen LogP contribution in [0.2, 0.25) is 0 Å². The van der Waals surface area contributed by atoms with Crippen molar-refractivity contribution in [1.29, 1.82) is 0 Å². The smallest absolute Gasteiger partial charge is 0.120 e. The first-order valence-corrected chi connectivity index (χ1v) is 7.30. The summed E-state index contributed by atoms with van der Waals surface area (Å²) in [5, 5.41) is 3.60. The number of nitrogens with one attached hydrogen (secondary N) is 1. The van der Waals surface area contributed by atoms with Gasteiger partial charge in [0.1, 0.15) is 5.76 Å². The topological polar surface area (TPSA) is 25.2 Å². The maximum absolute atomic E-state index is 5.41. The van der Waals surface area contributed by atoms with Crippen molar-refractivity contribution in [3.05, 3.63) is 24.2 Å². The van der Waals surface area contributed by atoms with E-state index in [1.165, 1.54) is 25.7 Å². The van der Waals surface area contributed by atoms with Gasteiger partial charge in [0.15, 0.2) is 0 Å². The van der Waals surface area contributed by atoms with E-state index in [4.69, 9.17) is 4.42 Å². The third-order valence-electron chi connectivity index (χ3n) is 3.65. The van der Waals surface area contributed by atoms with Crippen molar-refractivity contribution in [2.75, 3.05) is 12.8 Å². The fourth-order valence-corrected chi connectivity index (χ4v) is 3.37. The molecule has 3 heteroatoms. The average molecular weight is 239 g/mol. The third kappa shape index (κ3) is 2.64. The number of hydrogen-bond donors (Lipinski definition) is 1. The molecule has 0 aromatic carbocycles. The van der Waals surface area contributed by atoms with Crippen molar-refractivity contribution in [1.82, 2.24) is 5.32 Å². The minimum atomic E-state index is 0.319. The zero-order chi connectivity index (χ0) is 11.4. The lowest BCUT2D eigenvalue weighted by Crippen LogP contribution is -2.36. The van der Waals surface area contributed by atoms with Crippen LogP contribution in [-0.2, 0) is 0 Å². The van der Waals surface area contributed by atoms with E-state index in [1.54, 1.807) is 6.26 Å². The molecule has 90 valence electrons. The largest absolute Gasteiger partial charge is 0.468 e. The van der Waals surface area contributed by atoms with Crippen LogP contribution in [0.3, 0.4) is 0 Å². The lowest BCUT2D eigenvalue weighted by molar-refractivity contribution is 0.410. The molecule has 1 atom stereocenters. The van der Waals surface area contributed by atoms with Crippen molar-refractivity contribution < 1.29 is 4.42 Å². The Morgan fingerprint density at radius 2 is 2.25 bits per heavy atom. The molecule has 1 aliphatic carbocycles. The molecule has 1 fully saturated rings. The van der Waals surface area contributed by atoms with Gasteiger partial charge in [-0.1, -0.05) is 12.8 Å². The summed E-state index contributed by atoms with van der Waals surface area (Å²) in [4.78, 5) is 0. The quantitative estimate of drug-likeness (QED) is 0.850. The Morgan fingerprint density at radius 3 is 2.81 bits per heavy atom. The molecule has 1 unspecified atom stereocenters. The fraction of sp³-hybridized carbons (Fsp3) is 0.692. The van der Waals surface area contributed by atoms with Gasteiger partial charge in [-0.2, -0.15) is 11.8 Å². The Hall–Kier alpha value is -0.410. The summed E-state index contributed by atoms with van der Waals surface area (Å²) in [6.45, 7) is 3.26. The van der Waals surface area contributed by atoms with Gasteiger partial charge < -0.3 is 9.73 Å². The van der Waals surface area contributed by atoms with Crippen LogP contribution in [0.25, 0.3) is 0 Å². The Labute approximate surface area is 102 Å². The van der Waals surface area contributed by atoms with Crippen LogP contribution in [0.5, 0.6) is 0 Å². The SMILES string of the molecule is CSC1(CNC(C)c2ccco2)CCCC1. The van der Waals surface area contributed by atoms with E-state index >= 15 is 0 Å². The Kier molecular flexibility index (Phi) is 3.98. The number of thioether (sulfide) groups is 1. The highest BCUT2D eigenvalue weighted by atomic mass is 32.2. The summed E-state index contributed by atoms with van der Waals surface area (Å²) in [6, 6.07) is 4.31. The molecule has 1 aliphatic rings. The van der Waals surface area contributed by atoms with Crippen LogP contribution in [0.4, 0.5) is 0 Å². The van der Waals surface area contributed by atoms with Crippen molar-refractivity contribution in [2.45, 2.75) is 43.4 Å². The highest BCUT2D eigenvalue weighted by Gasteiger charge is 2.33. The Bertz CT molecular complexity index is 304. The van der Waals surface area contributed by atoms with Crippen LogP contribution in [0, 0.1) is 0 Å². The summed E-state index contributed by atoms with van der Waals surface area (Å²) < 4.78 is 5.88. The maximum Gasteiger partial charge on any atom is 0.120 e. The minimum Gasteiger partial charge on any atom is -0.468 e. The first-order valence-electron chi connectivity index (χ1n) is 6.08. The van der Waals surface area contributed by atoms with Crippen molar-refractivity contribution in [3.8, 4) is 0 Å². The van der Waals surface area contributed by atoms with Gasteiger partial charge >= 0.3 is 0 Å². The summed E-state index contributed by atoms with van der Waals surface area (Å²) in [6.07, 6.45) is 9.46. The monoisotopic (exact) mass is 239 g/mol. The third-order valence-corrected chi connectivity index (χ3v) is 5.07. The molecule has 2 nitrogen and oxygen atoms in total. The molecule has 1 aromatic heterocycles. The molecule has 16 heavy (non-hydrogen) atoms.